The number of nitrogens with two attached hydrogens (primary N) is 1. The number of benzene rings is 1. The molecule has 0 aliphatic heterocycles. The van der Waals surface area contributed by atoms with E-state index in [-0.39, 0.29) is 0 Å². The lowest BCUT2D eigenvalue weighted by Crippen LogP contribution is -1.99. The molecule has 1 heterocycles. The van der Waals surface area contributed by atoms with Crippen LogP contribution >= 0.6 is 11.3 Å². The normalized spacial score (nSPS) is 11.0. The zero-order chi connectivity index (χ0) is 9.97. The highest BCUT2D eigenvalue weighted by Crippen LogP contribution is 2.29. The van der Waals surface area contributed by atoms with Crippen LogP contribution in [0.2, 0.25) is 0 Å². The van der Waals surface area contributed by atoms with Crippen LogP contribution in [0.4, 0.5) is 0 Å². The van der Waals surface area contributed by atoms with E-state index in [9.17, 15) is 0 Å². The zero-order valence-electron chi connectivity index (χ0n) is 8.42. The van der Waals surface area contributed by atoms with Gasteiger partial charge in [-0.2, -0.15) is 0 Å². The molecule has 14 heavy (non-hydrogen) atoms. The largest absolute Gasteiger partial charge is 0.330 e. The Balaban J connectivity index is 2.45. The molecule has 0 fully saturated rings. The summed E-state index contributed by atoms with van der Waals surface area (Å²) in [7, 11) is 0. The molecule has 2 heteroatoms. The third kappa shape index (κ3) is 1.68. The van der Waals surface area contributed by atoms with Gasteiger partial charge in [0.25, 0.3) is 0 Å². The Labute approximate surface area is 88.6 Å². The summed E-state index contributed by atoms with van der Waals surface area (Å²) < 4.78 is 1.40. The average Bonchev–Trinajstić information content (AvgIpc) is 2.59. The topological polar surface area (TPSA) is 26.0 Å². The lowest BCUT2D eigenvalue weighted by Gasteiger charge is -2.00. The molecule has 74 valence electrons. The fourth-order valence-corrected chi connectivity index (χ4v) is 2.89. The number of rotatable bonds is 3. The van der Waals surface area contributed by atoms with Crippen LogP contribution in [0, 0.1) is 6.92 Å². The molecule has 0 saturated heterocycles. The summed E-state index contributed by atoms with van der Waals surface area (Å²) in [6.07, 6.45) is 2.20. The first kappa shape index (κ1) is 9.69. The first-order chi connectivity index (χ1) is 6.83. The summed E-state index contributed by atoms with van der Waals surface area (Å²) in [5.74, 6) is 0. The van der Waals surface area contributed by atoms with E-state index in [1.54, 1.807) is 0 Å². The number of hydrogen-bond acceptors (Lipinski definition) is 2. The van der Waals surface area contributed by atoms with Gasteiger partial charge in [0.05, 0.1) is 0 Å². The highest BCUT2D eigenvalue weighted by molar-refractivity contribution is 7.17. The lowest BCUT2D eigenvalue weighted by molar-refractivity contribution is 0.839. The van der Waals surface area contributed by atoms with Crippen LogP contribution in [0.1, 0.15) is 17.5 Å². The van der Waals surface area contributed by atoms with Gasteiger partial charge < -0.3 is 5.73 Å². The van der Waals surface area contributed by atoms with E-state index in [4.69, 9.17) is 5.73 Å². The van der Waals surface area contributed by atoms with Gasteiger partial charge in [0.15, 0.2) is 0 Å². The van der Waals surface area contributed by atoms with E-state index in [0.717, 1.165) is 19.4 Å². The summed E-state index contributed by atoms with van der Waals surface area (Å²) >= 11 is 1.84. The van der Waals surface area contributed by atoms with Gasteiger partial charge in [0.1, 0.15) is 0 Å². The Bertz CT molecular complexity index is 431. The van der Waals surface area contributed by atoms with Gasteiger partial charge in [-0.15, -0.1) is 11.3 Å². The Hall–Kier alpha value is -0.860. The van der Waals surface area contributed by atoms with E-state index >= 15 is 0 Å². The van der Waals surface area contributed by atoms with Crippen molar-refractivity contribution in [1.29, 1.82) is 0 Å². The minimum Gasteiger partial charge on any atom is -0.330 e. The molecule has 0 radical (unpaired) electrons. The molecule has 0 saturated carbocycles. The van der Waals surface area contributed by atoms with Gasteiger partial charge in [-0.1, -0.05) is 12.1 Å². The number of fused-ring (bicyclic) bond motifs is 1. The second kappa shape index (κ2) is 4.11. The van der Waals surface area contributed by atoms with Crippen molar-refractivity contribution < 1.29 is 0 Å². The average molecular weight is 205 g/mol. The van der Waals surface area contributed by atoms with Crippen LogP contribution in [0.3, 0.4) is 0 Å². The van der Waals surface area contributed by atoms with Gasteiger partial charge in [-0.3, -0.25) is 0 Å². The maximum atomic E-state index is 5.53. The van der Waals surface area contributed by atoms with Gasteiger partial charge in [0, 0.05) is 4.70 Å². The molecule has 0 spiro atoms. The molecule has 2 rings (SSSR count). The van der Waals surface area contributed by atoms with Gasteiger partial charge in [-0.25, -0.2) is 0 Å². The van der Waals surface area contributed by atoms with Crippen LogP contribution in [0.25, 0.3) is 10.1 Å². The Morgan fingerprint density at radius 1 is 1.36 bits per heavy atom. The molecule has 1 aromatic heterocycles. The molecule has 2 N–H and O–H groups in total. The van der Waals surface area contributed by atoms with E-state index in [2.05, 4.69) is 30.5 Å². The number of aryl methyl sites for hydroxylation is 2. The number of hydrogen-bond donors (Lipinski definition) is 1. The van der Waals surface area contributed by atoms with Crippen molar-refractivity contribution in [3.05, 3.63) is 34.7 Å². The molecule has 0 aliphatic rings. The molecular formula is C12H15NS. The van der Waals surface area contributed by atoms with Crippen molar-refractivity contribution in [1.82, 2.24) is 0 Å². The molecule has 0 amide bonds. The SMILES string of the molecule is Cc1cccc2scc(CCCN)c12. The minimum absolute atomic E-state index is 0.781. The molecule has 0 atom stereocenters. The van der Waals surface area contributed by atoms with Crippen LogP contribution < -0.4 is 5.73 Å². The van der Waals surface area contributed by atoms with E-state index < -0.39 is 0 Å². The standard InChI is InChI=1S/C12H15NS/c1-9-4-2-6-11-12(9)10(8-14-11)5-3-7-13/h2,4,6,8H,3,5,7,13H2,1H3. The van der Waals surface area contributed by atoms with E-state index in [1.165, 1.54) is 21.2 Å². The predicted molar refractivity (Wildman–Crippen MR) is 63.9 cm³/mol. The van der Waals surface area contributed by atoms with Crippen LogP contribution in [-0.2, 0) is 6.42 Å². The van der Waals surface area contributed by atoms with Gasteiger partial charge in [-0.05, 0) is 54.3 Å². The quantitative estimate of drug-likeness (QED) is 0.818. The van der Waals surface area contributed by atoms with Gasteiger partial charge >= 0.3 is 0 Å². The van der Waals surface area contributed by atoms with Crippen molar-refractivity contribution in [2.45, 2.75) is 19.8 Å². The molecule has 2 aromatic rings. The summed E-state index contributed by atoms with van der Waals surface area (Å²) in [6, 6.07) is 6.50. The van der Waals surface area contributed by atoms with Crippen LogP contribution in [0.5, 0.6) is 0 Å². The second-order valence-electron chi connectivity index (χ2n) is 3.60. The van der Waals surface area contributed by atoms with Gasteiger partial charge in [0.2, 0.25) is 0 Å². The first-order valence-corrected chi connectivity index (χ1v) is 5.86. The van der Waals surface area contributed by atoms with E-state index in [0.29, 0.717) is 0 Å². The molecule has 1 aromatic carbocycles. The maximum Gasteiger partial charge on any atom is 0.0348 e. The van der Waals surface area contributed by atoms with Crippen LogP contribution in [-0.4, -0.2) is 6.54 Å². The zero-order valence-corrected chi connectivity index (χ0v) is 9.23. The third-order valence-corrected chi connectivity index (χ3v) is 3.53. The van der Waals surface area contributed by atoms with Crippen molar-refractivity contribution in [2.75, 3.05) is 6.54 Å². The lowest BCUT2D eigenvalue weighted by atomic mass is 10.0. The summed E-state index contributed by atoms with van der Waals surface area (Å²) in [4.78, 5) is 0. The molecule has 0 unspecified atom stereocenters. The molecule has 0 bridgehead atoms. The Kier molecular flexibility index (Phi) is 2.85. The highest BCUT2D eigenvalue weighted by Gasteiger charge is 2.05. The van der Waals surface area contributed by atoms with Crippen molar-refractivity contribution in [3.63, 3.8) is 0 Å². The summed E-state index contributed by atoms with van der Waals surface area (Å²) in [6.45, 7) is 2.96. The fraction of sp³-hybridized carbons (Fsp3) is 0.333. The molecule has 0 aliphatic carbocycles. The third-order valence-electron chi connectivity index (χ3n) is 2.53. The van der Waals surface area contributed by atoms with Crippen molar-refractivity contribution in [3.8, 4) is 0 Å². The fourth-order valence-electron chi connectivity index (χ4n) is 1.82. The second-order valence-corrected chi connectivity index (χ2v) is 4.51. The molecule has 1 nitrogen and oxygen atoms in total. The van der Waals surface area contributed by atoms with E-state index in [1.807, 2.05) is 11.3 Å². The first-order valence-electron chi connectivity index (χ1n) is 4.98. The Morgan fingerprint density at radius 2 is 2.21 bits per heavy atom. The number of thiophene rings is 1. The minimum atomic E-state index is 0.781. The van der Waals surface area contributed by atoms with Crippen molar-refractivity contribution >= 4 is 21.4 Å². The van der Waals surface area contributed by atoms with Crippen LogP contribution in [0.15, 0.2) is 23.6 Å². The monoisotopic (exact) mass is 205 g/mol. The smallest absolute Gasteiger partial charge is 0.0348 e. The molecular weight excluding hydrogens is 190 g/mol. The highest BCUT2D eigenvalue weighted by atomic mass is 32.1. The summed E-state index contributed by atoms with van der Waals surface area (Å²) in [5.41, 5.74) is 8.38. The Morgan fingerprint density at radius 3 is 3.00 bits per heavy atom. The van der Waals surface area contributed by atoms with Crippen molar-refractivity contribution in [2.24, 2.45) is 5.73 Å². The predicted octanol–water partition coefficient (Wildman–Crippen LogP) is 3.10. The summed E-state index contributed by atoms with van der Waals surface area (Å²) in [5, 5.41) is 3.72. The maximum absolute atomic E-state index is 5.53.